The molecule has 0 spiro atoms. The van der Waals surface area contributed by atoms with Crippen LogP contribution in [0.15, 0.2) is 59.4 Å². The molecular weight excluding hydrogens is 359 g/mol. The summed E-state index contributed by atoms with van der Waals surface area (Å²) in [5.74, 6) is -0.678. The topological polar surface area (TPSA) is 90.6 Å². The lowest BCUT2D eigenvalue weighted by atomic mass is 10.1. The number of hydrogen-bond acceptors (Lipinski definition) is 3. The monoisotopic (exact) mass is 376 g/mol. The van der Waals surface area contributed by atoms with Gasteiger partial charge in [-0.05, 0) is 54.3 Å². The number of fused-ring (bicyclic) bond motifs is 1. The molecule has 2 aromatic heterocycles. The second-order valence-corrected chi connectivity index (χ2v) is 6.52. The first-order valence-electron chi connectivity index (χ1n) is 8.72. The van der Waals surface area contributed by atoms with Crippen molar-refractivity contribution in [2.75, 3.05) is 0 Å². The quantitative estimate of drug-likeness (QED) is 0.510. The molecule has 0 saturated heterocycles. The molecule has 0 radical (unpaired) electrons. The molecule has 1 amide bonds. The lowest BCUT2D eigenvalue weighted by Gasteiger charge is -2.05. The normalized spacial score (nSPS) is 10.9. The molecule has 0 bridgehead atoms. The highest BCUT2D eigenvalue weighted by molar-refractivity contribution is 5.93. The molecule has 2 aromatic carbocycles. The number of aryl methyl sites for hydroxylation is 1. The number of benzene rings is 2. The van der Waals surface area contributed by atoms with Crippen LogP contribution >= 0.6 is 0 Å². The Morgan fingerprint density at radius 2 is 1.96 bits per heavy atom. The number of rotatable bonds is 4. The van der Waals surface area contributed by atoms with Crippen LogP contribution in [0.25, 0.3) is 22.2 Å². The van der Waals surface area contributed by atoms with Gasteiger partial charge in [0.2, 0.25) is 0 Å². The summed E-state index contributed by atoms with van der Waals surface area (Å²) in [5.41, 5.74) is 2.97. The van der Waals surface area contributed by atoms with E-state index in [1.807, 2.05) is 24.3 Å². The lowest BCUT2D eigenvalue weighted by molar-refractivity contribution is 0.0946. The van der Waals surface area contributed by atoms with Gasteiger partial charge in [-0.1, -0.05) is 18.2 Å². The van der Waals surface area contributed by atoms with Gasteiger partial charge in [-0.15, -0.1) is 0 Å². The van der Waals surface area contributed by atoms with E-state index < -0.39 is 0 Å². The summed E-state index contributed by atoms with van der Waals surface area (Å²) in [6.45, 7) is 1.75. The van der Waals surface area contributed by atoms with Gasteiger partial charge >= 0.3 is 0 Å². The molecule has 2 heterocycles. The van der Waals surface area contributed by atoms with Crippen molar-refractivity contribution in [1.82, 2.24) is 20.5 Å². The highest BCUT2D eigenvalue weighted by Gasteiger charge is 2.13. The number of amides is 1. The summed E-state index contributed by atoms with van der Waals surface area (Å²) >= 11 is 0. The molecule has 4 rings (SSSR count). The molecule has 4 aromatic rings. The largest absolute Gasteiger partial charge is 0.346 e. The molecule has 0 aliphatic heterocycles. The molecular formula is C21H17FN4O2. The Balaban J connectivity index is 1.50. The van der Waals surface area contributed by atoms with E-state index in [-0.39, 0.29) is 29.5 Å². The molecule has 0 atom stereocenters. The van der Waals surface area contributed by atoms with E-state index in [9.17, 15) is 14.0 Å². The molecule has 0 saturated carbocycles. The van der Waals surface area contributed by atoms with E-state index in [0.717, 1.165) is 10.9 Å². The van der Waals surface area contributed by atoms with E-state index >= 15 is 0 Å². The third-order valence-electron chi connectivity index (χ3n) is 4.55. The minimum Gasteiger partial charge on any atom is -0.346 e. The smallest absolute Gasteiger partial charge is 0.269 e. The number of para-hydroxylation sites is 1. The third-order valence-corrected chi connectivity index (χ3v) is 4.55. The first-order valence-corrected chi connectivity index (χ1v) is 8.72. The number of aromatic nitrogens is 3. The maximum atomic E-state index is 13.4. The summed E-state index contributed by atoms with van der Waals surface area (Å²) in [7, 11) is 0. The fourth-order valence-electron chi connectivity index (χ4n) is 2.98. The van der Waals surface area contributed by atoms with Crippen molar-refractivity contribution in [2.24, 2.45) is 0 Å². The molecule has 140 valence electrons. The predicted molar refractivity (Wildman–Crippen MR) is 104 cm³/mol. The Morgan fingerprint density at radius 1 is 1.14 bits per heavy atom. The van der Waals surface area contributed by atoms with Crippen LogP contribution in [0.5, 0.6) is 0 Å². The highest BCUT2D eigenvalue weighted by Crippen LogP contribution is 2.20. The van der Waals surface area contributed by atoms with Gasteiger partial charge in [-0.2, -0.15) is 5.10 Å². The number of aromatic amines is 2. The summed E-state index contributed by atoms with van der Waals surface area (Å²) in [4.78, 5) is 27.4. The maximum Gasteiger partial charge on any atom is 0.269 e. The Labute approximate surface area is 159 Å². The van der Waals surface area contributed by atoms with Crippen LogP contribution in [0.4, 0.5) is 4.39 Å². The maximum absolute atomic E-state index is 13.4. The average Bonchev–Trinajstić information content (AvgIpc) is 3.18. The fourth-order valence-corrected chi connectivity index (χ4v) is 2.98. The van der Waals surface area contributed by atoms with E-state index in [4.69, 9.17) is 0 Å². The minimum absolute atomic E-state index is 0.0863. The van der Waals surface area contributed by atoms with Crippen LogP contribution < -0.4 is 10.9 Å². The van der Waals surface area contributed by atoms with Crippen molar-refractivity contribution in [3.05, 3.63) is 87.6 Å². The van der Waals surface area contributed by atoms with Crippen molar-refractivity contribution in [3.8, 4) is 11.3 Å². The molecule has 0 aliphatic rings. The number of carbonyl (C=O) groups is 1. The second-order valence-electron chi connectivity index (χ2n) is 6.52. The summed E-state index contributed by atoms with van der Waals surface area (Å²) in [6.07, 6.45) is 0. The van der Waals surface area contributed by atoms with Crippen LogP contribution in [0.3, 0.4) is 0 Å². The van der Waals surface area contributed by atoms with Crippen molar-refractivity contribution in [3.63, 3.8) is 0 Å². The van der Waals surface area contributed by atoms with Crippen molar-refractivity contribution >= 4 is 16.8 Å². The first-order chi connectivity index (χ1) is 13.5. The lowest BCUT2D eigenvalue weighted by Crippen LogP contribution is -2.27. The van der Waals surface area contributed by atoms with E-state index in [2.05, 4.69) is 20.5 Å². The van der Waals surface area contributed by atoms with E-state index in [1.54, 1.807) is 31.2 Å². The van der Waals surface area contributed by atoms with Crippen LogP contribution in [0, 0.1) is 12.7 Å². The molecule has 3 N–H and O–H groups in total. The zero-order valence-corrected chi connectivity index (χ0v) is 15.0. The number of pyridine rings is 1. The number of nitrogens with one attached hydrogen (secondary N) is 3. The van der Waals surface area contributed by atoms with Gasteiger partial charge in [0.05, 0.1) is 5.69 Å². The van der Waals surface area contributed by atoms with Gasteiger partial charge in [-0.3, -0.25) is 14.7 Å². The van der Waals surface area contributed by atoms with Crippen LogP contribution in [0.2, 0.25) is 0 Å². The van der Waals surface area contributed by atoms with Gasteiger partial charge in [0.25, 0.3) is 11.5 Å². The zero-order chi connectivity index (χ0) is 19.7. The fraction of sp³-hybridized carbons (Fsp3) is 0.0952. The molecule has 6 nitrogen and oxygen atoms in total. The number of halogens is 1. The first kappa shape index (κ1) is 17.7. The molecule has 28 heavy (non-hydrogen) atoms. The highest BCUT2D eigenvalue weighted by atomic mass is 19.1. The van der Waals surface area contributed by atoms with Gasteiger partial charge in [0.1, 0.15) is 11.5 Å². The Bertz CT molecular complexity index is 1240. The van der Waals surface area contributed by atoms with Gasteiger partial charge in [0.15, 0.2) is 0 Å². The number of H-pyrrole nitrogens is 2. The van der Waals surface area contributed by atoms with Gasteiger partial charge < -0.3 is 10.3 Å². The minimum atomic E-state index is -0.384. The van der Waals surface area contributed by atoms with Crippen LogP contribution in [-0.4, -0.2) is 21.1 Å². The predicted octanol–water partition coefficient (Wildman–Crippen LogP) is 3.30. The Kier molecular flexibility index (Phi) is 4.49. The molecule has 0 fully saturated rings. The number of nitrogens with zero attached hydrogens (tertiary/aromatic N) is 1. The number of carbonyl (C=O) groups excluding carboxylic acids is 1. The SMILES string of the molecule is Cc1cc(-c2cc(C(=O)NCc3cc4ccccc4[nH]c3=O)[nH]n2)ccc1F. The van der Waals surface area contributed by atoms with Crippen molar-refractivity contribution < 1.29 is 9.18 Å². The zero-order valence-electron chi connectivity index (χ0n) is 15.0. The summed E-state index contributed by atoms with van der Waals surface area (Å²) in [5, 5.41) is 10.4. The molecule has 0 unspecified atom stereocenters. The van der Waals surface area contributed by atoms with Gasteiger partial charge in [0, 0.05) is 23.2 Å². The second kappa shape index (κ2) is 7.11. The van der Waals surface area contributed by atoms with E-state index in [0.29, 0.717) is 22.4 Å². The van der Waals surface area contributed by atoms with E-state index in [1.165, 1.54) is 6.07 Å². The third kappa shape index (κ3) is 3.42. The molecule has 7 heteroatoms. The van der Waals surface area contributed by atoms with Crippen molar-refractivity contribution in [2.45, 2.75) is 13.5 Å². The Morgan fingerprint density at radius 3 is 2.79 bits per heavy atom. The summed E-state index contributed by atoms with van der Waals surface area (Å²) in [6, 6.07) is 15.4. The average molecular weight is 376 g/mol. The summed E-state index contributed by atoms with van der Waals surface area (Å²) < 4.78 is 13.4. The van der Waals surface area contributed by atoms with Crippen LogP contribution in [-0.2, 0) is 6.54 Å². The standard InChI is InChI=1S/C21H17FN4O2/c1-12-8-14(6-7-16(12)22)18-10-19(26-25-18)21(28)23-11-15-9-13-4-2-3-5-17(13)24-20(15)27/h2-10H,11H2,1H3,(H,23,28)(H,24,27)(H,25,26). The molecule has 0 aliphatic carbocycles. The Hall–Kier alpha value is -3.74. The van der Waals surface area contributed by atoms with Crippen LogP contribution in [0.1, 0.15) is 21.6 Å². The van der Waals surface area contributed by atoms with Crippen molar-refractivity contribution in [1.29, 1.82) is 0 Å². The van der Waals surface area contributed by atoms with Gasteiger partial charge in [-0.25, -0.2) is 4.39 Å². The number of hydrogen-bond donors (Lipinski definition) is 3.